The number of nitrogen functional groups attached to an aromatic ring is 1. The van der Waals surface area contributed by atoms with Crippen molar-refractivity contribution >= 4 is 27.7 Å². The van der Waals surface area contributed by atoms with Gasteiger partial charge in [-0.1, -0.05) is 24.3 Å². The summed E-state index contributed by atoms with van der Waals surface area (Å²) in [5.74, 6) is -0.000711. The third kappa shape index (κ3) is 4.67. The van der Waals surface area contributed by atoms with Crippen LogP contribution in [0.25, 0.3) is 0 Å². The van der Waals surface area contributed by atoms with Crippen molar-refractivity contribution in [2.24, 2.45) is 0 Å². The monoisotopic (exact) mass is 387 g/mol. The Kier molecular flexibility index (Phi) is 5.82. The summed E-state index contributed by atoms with van der Waals surface area (Å²) in [7, 11) is -3.12. The van der Waals surface area contributed by atoms with Gasteiger partial charge in [-0.2, -0.15) is 4.31 Å². The van der Waals surface area contributed by atoms with Gasteiger partial charge in [0.2, 0.25) is 10.0 Å². The molecule has 7 heteroatoms. The standard InChI is InChI=1S/C20H25N3O3S/c1-27(25,26)23-13-11-22(12-14-23)19-8-4-17(5-9-19)20(10-15-24)16-2-6-18(21)7-3-16/h2-9,15,20H,10-14,21H2,1H3. The largest absolute Gasteiger partial charge is 0.399 e. The topological polar surface area (TPSA) is 83.7 Å². The lowest BCUT2D eigenvalue weighted by Crippen LogP contribution is -2.48. The molecule has 1 fully saturated rings. The molecule has 0 saturated carbocycles. The highest BCUT2D eigenvalue weighted by Crippen LogP contribution is 2.29. The molecular formula is C20H25N3O3S. The summed E-state index contributed by atoms with van der Waals surface area (Å²) in [6.07, 6.45) is 2.61. The Morgan fingerprint density at radius 3 is 1.96 bits per heavy atom. The molecule has 144 valence electrons. The van der Waals surface area contributed by atoms with Crippen LogP contribution >= 0.6 is 0 Å². The van der Waals surface area contributed by atoms with Crippen molar-refractivity contribution in [3.8, 4) is 0 Å². The molecule has 1 atom stereocenters. The number of rotatable bonds is 6. The number of sulfonamides is 1. The Balaban J connectivity index is 1.74. The number of aldehydes is 1. The van der Waals surface area contributed by atoms with E-state index in [4.69, 9.17) is 5.73 Å². The number of nitrogens with zero attached hydrogens (tertiary/aromatic N) is 2. The summed E-state index contributed by atoms with van der Waals surface area (Å²) in [6.45, 7) is 2.34. The second-order valence-electron chi connectivity index (χ2n) is 6.86. The number of piperazine rings is 1. The molecule has 0 aromatic heterocycles. The zero-order valence-electron chi connectivity index (χ0n) is 15.4. The first-order chi connectivity index (χ1) is 12.9. The highest BCUT2D eigenvalue weighted by Gasteiger charge is 2.23. The third-order valence-electron chi connectivity index (χ3n) is 5.04. The molecule has 1 heterocycles. The van der Waals surface area contributed by atoms with Crippen LogP contribution in [0.15, 0.2) is 48.5 Å². The smallest absolute Gasteiger partial charge is 0.211 e. The first-order valence-electron chi connectivity index (χ1n) is 8.97. The Morgan fingerprint density at radius 2 is 1.48 bits per heavy atom. The minimum absolute atomic E-state index is 0.000711. The average Bonchev–Trinajstić information content (AvgIpc) is 2.67. The predicted molar refractivity (Wildman–Crippen MR) is 108 cm³/mol. The second-order valence-corrected chi connectivity index (χ2v) is 8.84. The zero-order valence-corrected chi connectivity index (χ0v) is 16.2. The van der Waals surface area contributed by atoms with E-state index in [1.807, 2.05) is 48.5 Å². The van der Waals surface area contributed by atoms with E-state index in [1.165, 1.54) is 10.6 Å². The summed E-state index contributed by atoms with van der Waals surface area (Å²) < 4.78 is 24.8. The minimum atomic E-state index is -3.12. The fourth-order valence-corrected chi connectivity index (χ4v) is 4.31. The first kappa shape index (κ1) is 19.4. The molecule has 0 spiro atoms. The van der Waals surface area contributed by atoms with E-state index in [0.29, 0.717) is 38.3 Å². The van der Waals surface area contributed by atoms with Crippen LogP contribution in [0.1, 0.15) is 23.5 Å². The maximum Gasteiger partial charge on any atom is 0.211 e. The summed E-state index contributed by atoms with van der Waals surface area (Å²) in [4.78, 5) is 13.4. The minimum Gasteiger partial charge on any atom is -0.399 e. The van der Waals surface area contributed by atoms with Crippen LogP contribution in [-0.2, 0) is 14.8 Å². The van der Waals surface area contributed by atoms with Gasteiger partial charge in [0.15, 0.2) is 0 Å². The van der Waals surface area contributed by atoms with Crippen molar-refractivity contribution in [3.05, 3.63) is 59.7 Å². The molecule has 1 saturated heterocycles. The van der Waals surface area contributed by atoms with Crippen molar-refractivity contribution in [2.45, 2.75) is 12.3 Å². The van der Waals surface area contributed by atoms with E-state index in [9.17, 15) is 13.2 Å². The van der Waals surface area contributed by atoms with Crippen LogP contribution in [0.3, 0.4) is 0 Å². The number of hydrogen-bond acceptors (Lipinski definition) is 5. The third-order valence-corrected chi connectivity index (χ3v) is 6.34. The van der Waals surface area contributed by atoms with Crippen molar-refractivity contribution in [2.75, 3.05) is 43.1 Å². The van der Waals surface area contributed by atoms with Gasteiger partial charge < -0.3 is 15.4 Å². The Labute approximate surface area is 160 Å². The molecule has 1 aliphatic rings. The first-order valence-corrected chi connectivity index (χ1v) is 10.8. The van der Waals surface area contributed by atoms with E-state index < -0.39 is 10.0 Å². The van der Waals surface area contributed by atoms with Crippen LogP contribution in [-0.4, -0.2) is 51.4 Å². The lowest BCUT2D eigenvalue weighted by atomic mass is 9.89. The summed E-state index contributed by atoms with van der Waals surface area (Å²) >= 11 is 0. The number of anilines is 2. The number of carbonyl (C=O) groups excluding carboxylic acids is 1. The fourth-order valence-electron chi connectivity index (χ4n) is 3.48. The fraction of sp³-hybridized carbons (Fsp3) is 0.350. The molecule has 0 radical (unpaired) electrons. The van der Waals surface area contributed by atoms with Gasteiger partial charge >= 0.3 is 0 Å². The van der Waals surface area contributed by atoms with E-state index in [1.54, 1.807) is 0 Å². The van der Waals surface area contributed by atoms with Gasteiger partial charge in [-0.15, -0.1) is 0 Å². The molecule has 2 N–H and O–H groups in total. The normalized spacial score (nSPS) is 16.9. The van der Waals surface area contributed by atoms with E-state index in [2.05, 4.69) is 4.90 Å². The molecule has 2 aromatic carbocycles. The van der Waals surface area contributed by atoms with Gasteiger partial charge in [0.1, 0.15) is 6.29 Å². The summed E-state index contributed by atoms with van der Waals surface area (Å²) in [5, 5.41) is 0. The van der Waals surface area contributed by atoms with Crippen LogP contribution in [0.4, 0.5) is 11.4 Å². The van der Waals surface area contributed by atoms with Crippen LogP contribution in [0.5, 0.6) is 0 Å². The molecule has 0 amide bonds. The van der Waals surface area contributed by atoms with E-state index in [0.717, 1.165) is 23.1 Å². The van der Waals surface area contributed by atoms with Gasteiger partial charge in [-0.3, -0.25) is 0 Å². The van der Waals surface area contributed by atoms with Crippen molar-refractivity contribution in [1.29, 1.82) is 0 Å². The summed E-state index contributed by atoms with van der Waals surface area (Å²) in [5.41, 5.74) is 9.66. The highest BCUT2D eigenvalue weighted by molar-refractivity contribution is 7.88. The quantitative estimate of drug-likeness (QED) is 0.606. The van der Waals surface area contributed by atoms with E-state index in [-0.39, 0.29) is 5.92 Å². The van der Waals surface area contributed by atoms with Gasteiger partial charge in [0.05, 0.1) is 6.26 Å². The molecule has 27 heavy (non-hydrogen) atoms. The SMILES string of the molecule is CS(=O)(=O)N1CCN(c2ccc(C(CC=O)c3ccc(N)cc3)cc2)CC1. The zero-order chi connectivity index (χ0) is 19.4. The van der Waals surface area contributed by atoms with Crippen molar-refractivity contribution in [3.63, 3.8) is 0 Å². The molecule has 2 aromatic rings. The van der Waals surface area contributed by atoms with E-state index >= 15 is 0 Å². The van der Waals surface area contributed by atoms with Gasteiger partial charge in [-0.25, -0.2) is 8.42 Å². The highest BCUT2D eigenvalue weighted by atomic mass is 32.2. The Morgan fingerprint density at radius 1 is 0.963 bits per heavy atom. The van der Waals surface area contributed by atoms with Gasteiger partial charge in [-0.05, 0) is 35.4 Å². The predicted octanol–water partition coefficient (Wildman–Crippen LogP) is 2.07. The van der Waals surface area contributed by atoms with Crippen molar-refractivity contribution in [1.82, 2.24) is 4.31 Å². The maximum atomic E-state index is 11.6. The number of carbonyl (C=O) groups is 1. The Bertz CT molecular complexity index is 872. The number of nitrogens with two attached hydrogens (primary N) is 1. The van der Waals surface area contributed by atoms with Crippen molar-refractivity contribution < 1.29 is 13.2 Å². The number of hydrogen-bond donors (Lipinski definition) is 1. The average molecular weight is 388 g/mol. The van der Waals surface area contributed by atoms with Crippen LogP contribution in [0.2, 0.25) is 0 Å². The van der Waals surface area contributed by atoms with Gasteiger partial charge in [0.25, 0.3) is 0 Å². The second kappa shape index (κ2) is 8.10. The molecule has 0 aliphatic carbocycles. The molecule has 0 bridgehead atoms. The lowest BCUT2D eigenvalue weighted by molar-refractivity contribution is -0.108. The van der Waals surface area contributed by atoms with Gasteiger partial charge in [0, 0.05) is 49.9 Å². The van der Waals surface area contributed by atoms with Crippen LogP contribution < -0.4 is 10.6 Å². The lowest BCUT2D eigenvalue weighted by Gasteiger charge is -2.34. The van der Waals surface area contributed by atoms with Crippen LogP contribution in [0, 0.1) is 0 Å². The molecule has 3 rings (SSSR count). The number of benzene rings is 2. The molecular weight excluding hydrogens is 362 g/mol. The molecule has 1 aliphatic heterocycles. The summed E-state index contributed by atoms with van der Waals surface area (Å²) in [6, 6.07) is 15.8. The maximum absolute atomic E-state index is 11.6. The molecule has 1 unspecified atom stereocenters. The molecule has 6 nitrogen and oxygen atoms in total. The Hall–Kier alpha value is -2.38.